The highest BCUT2D eigenvalue weighted by Gasteiger charge is 2.29. The van der Waals surface area contributed by atoms with Crippen LogP contribution in [0.25, 0.3) is 11.0 Å². The van der Waals surface area contributed by atoms with Crippen molar-refractivity contribution < 1.29 is 13.2 Å². The Morgan fingerprint density at radius 2 is 2.00 bits per heavy atom. The first kappa shape index (κ1) is 19.7. The van der Waals surface area contributed by atoms with Crippen molar-refractivity contribution in [2.45, 2.75) is 51.0 Å². The normalized spacial score (nSPS) is 13.3. The maximum atomic E-state index is 12.8. The van der Waals surface area contributed by atoms with Gasteiger partial charge in [-0.2, -0.15) is 13.5 Å². The van der Waals surface area contributed by atoms with Crippen LogP contribution in [-0.2, 0) is 14.8 Å². The molecule has 0 aliphatic rings. The maximum absolute atomic E-state index is 12.8. The summed E-state index contributed by atoms with van der Waals surface area (Å²) in [6.07, 6.45) is 2.96. The molecule has 0 radical (unpaired) electrons. The number of carbonyl (C=O) groups is 1. The minimum atomic E-state index is -3.89. The van der Waals surface area contributed by atoms with E-state index in [1.54, 1.807) is 12.1 Å². The van der Waals surface area contributed by atoms with Gasteiger partial charge < -0.3 is 5.32 Å². The second-order valence-corrected chi connectivity index (χ2v) is 8.44. The van der Waals surface area contributed by atoms with Crippen molar-refractivity contribution in [1.82, 2.24) is 18.8 Å². The number of sulfonamides is 1. The number of hydrogen-bond acceptors (Lipinski definition) is 6. The van der Waals surface area contributed by atoms with Gasteiger partial charge in [0.05, 0.1) is 11.7 Å². The van der Waals surface area contributed by atoms with Gasteiger partial charge in [0.2, 0.25) is 15.9 Å². The molecular formula is C16H24N4O3S2. The molecule has 0 aliphatic heterocycles. The number of benzene rings is 1. The Hall–Kier alpha value is -1.58. The van der Waals surface area contributed by atoms with E-state index in [0.29, 0.717) is 17.6 Å². The van der Waals surface area contributed by atoms with E-state index in [9.17, 15) is 13.2 Å². The van der Waals surface area contributed by atoms with Crippen molar-refractivity contribution >= 4 is 38.7 Å². The number of nitrogens with one attached hydrogen (secondary N) is 2. The van der Waals surface area contributed by atoms with Crippen molar-refractivity contribution in [3.63, 3.8) is 0 Å². The second-order valence-electron chi connectivity index (χ2n) is 6.23. The molecule has 1 amide bonds. The van der Waals surface area contributed by atoms with E-state index in [1.807, 2.05) is 13.8 Å². The molecule has 0 saturated heterocycles. The van der Waals surface area contributed by atoms with E-state index < -0.39 is 16.1 Å². The van der Waals surface area contributed by atoms with Crippen molar-refractivity contribution in [1.29, 1.82) is 0 Å². The van der Waals surface area contributed by atoms with Crippen LogP contribution in [0.15, 0.2) is 23.1 Å². The number of aromatic nitrogens is 2. The predicted molar refractivity (Wildman–Crippen MR) is 98.9 cm³/mol. The van der Waals surface area contributed by atoms with E-state index in [1.165, 1.54) is 6.07 Å². The predicted octanol–water partition coefficient (Wildman–Crippen LogP) is 2.30. The number of carbonyl (C=O) groups excluding carboxylic acids is 1. The zero-order valence-corrected chi connectivity index (χ0v) is 16.3. The summed E-state index contributed by atoms with van der Waals surface area (Å²) >= 11 is 0.959. The first-order valence-corrected chi connectivity index (χ1v) is 10.6. The summed E-state index contributed by atoms with van der Waals surface area (Å²) in [5.74, 6) is -0.494. The highest BCUT2D eigenvalue weighted by molar-refractivity contribution is 7.89. The number of unbranched alkanes of at least 4 members (excludes halogenated alkanes) is 2. The topological polar surface area (TPSA) is 101 Å². The molecule has 0 bridgehead atoms. The summed E-state index contributed by atoms with van der Waals surface area (Å²) in [5.41, 5.74) is 0.851. The molecule has 0 aliphatic carbocycles. The van der Waals surface area contributed by atoms with Crippen LogP contribution in [0.2, 0.25) is 0 Å². The lowest BCUT2D eigenvalue weighted by Gasteiger charge is -2.21. The minimum Gasteiger partial charge on any atom is -0.355 e. The molecule has 138 valence electrons. The maximum Gasteiger partial charge on any atom is 0.243 e. The van der Waals surface area contributed by atoms with Crippen molar-refractivity contribution in [3.8, 4) is 0 Å². The lowest BCUT2D eigenvalue weighted by Crippen LogP contribution is -2.49. The first-order chi connectivity index (χ1) is 11.9. The Morgan fingerprint density at radius 3 is 2.68 bits per heavy atom. The van der Waals surface area contributed by atoms with Gasteiger partial charge in [0.1, 0.15) is 22.0 Å². The van der Waals surface area contributed by atoms with Crippen LogP contribution in [0.4, 0.5) is 0 Å². The first-order valence-electron chi connectivity index (χ1n) is 8.38. The largest absolute Gasteiger partial charge is 0.355 e. The number of rotatable bonds is 9. The van der Waals surface area contributed by atoms with Gasteiger partial charge >= 0.3 is 0 Å². The molecule has 1 unspecified atom stereocenters. The van der Waals surface area contributed by atoms with Gasteiger partial charge in [-0.25, -0.2) is 8.42 Å². The molecule has 0 spiro atoms. The van der Waals surface area contributed by atoms with E-state index >= 15 is 0 Å². The fourth-order valence-corrected chi connectivity index (χ4v) is 4.53. The molecule has 1 aromatic carbocycles. The third kappa shape index (κ3) is 4.96. The molecule has 2 aromatic rings. The number of nitrogens with zero attached hydrogens (tertiary/aromatic N) is 2. The summed E-state index contributed by atoms with van der Waals surface area (Å²) in [7, 11) is -3.89. The standard InChI is InChI=1S/C16H24N4O3S2/c1-4-5-6-10-17-16(21)14(11(2)3)20-25(22,23)13-9-7-8-12-15(13)19-24-18-12/h7-9,11,14,20H,4-6,10H2,1-3H3,(H,17,21). The summed E-state index contributed by atoms with van der Waals surface area (Å²) in [5, 5.41) is 2.81. The number of fused-ring (bicyclic) bond motifs is 1. The van der Waals surface area contributed by atoms with E-state index in [0.717, 1.165) is 31.0 Å². The Balaban J connectivity index is 2.17. The monoisotopic (exact) mass is 384 g/mol. The van der Waals surface area contributed by atoms with Crippen molar-refractivity contribution in [2.75, 3.05) is 6.54 Å². The summed E-state index contributed by atoms with van der Waals surface area (Å²) in [6, 6.07) is 3.96. The molecule has 1 heterocycles. The molecule has 2 N–H and O–H groups in total. The average molecular weight is 385 g/mol. The molecular weight excluding hydrogens is 360 g/mol. The van der Waals surface area contributed by atoms with Crippen LogP contribution in [0.3, 0.4) is 0 Å². The van der Waals surface area contributed by atoms with E-state index in [4.69, 9.17) is 0 Å². The summed E-state index contributed by atoms with van der Waals surface area (Å²) in [4.78, 5) is 12.5. The summed E-state index contributed by atoms with van der Waals surface area (Å²) < 4.78 is 36.2. The number of amides is 1. The fraction of sp³-hybridized carbons (Fsp3) is 0.562. The smallest absolute Gasteiger partial charge is 0.243 e. The SMILES string of the molecule is CCCCCNC(=O)C(NS(=O)(=O)c1cccc2nsnc12)C(C)C. The van der Waals surface area contributed by atoms with Crippen molar-refractivity contribution in [3.05, 3.63) is 18.2 Å². The Morgan fingerprint density at radius 1 is 1.24 bits per heavy atom. The van der Waals surface area contributed by atoms with E-state index in [2.05, 4.69) is 25.7 Å². The zero-order chi connectivity index (χ0) is 18.4. The third-order valence-corrected chi connectivity index (χ3v) is 5.86. The van der Waals surface area contributed by atoms with Crippen LogP contribution in [-0.4, -0.2) is 35.7 Å². The summed E-state index contributed by atoms with van der Waals surface area (Å²) in [6.45, 7) is 6.25. The second kappa shape index (κ2) is 8.68. The molecule has 1 aromatic heterocycles. The number of hydrogen-bond donors (Lipinski definition) is 2. The highest BCUT2D eigenvalue weighted by atomic mass is 32.2. The molecule has 0 saturated carbocycles. The molecule has 25 heavy (non-hydrogen) atoms. The average Bonchev–Trinajstić information content (AvgIpc) is 3.04. The van der Waals surface area contributed by atoms with Gasteiger partial charge in [-0.1, -0.05) is 39.7 Å². The Kier molecular flexibility index (Phi) is 6.86. The quantitative estimate of drug-likeness (QED) is 0.646. The van der Waals surface area contributed by atoms with Crippen LogP contribution >= 0.6 is 11.7 Å². The fourth-order valence-electron chi connectivity index (χ4n) is 2.42. The van der Waals surface area contributed by atoms with Crippen LogP contribution in [0.1, 0.15) is 40.0 Å². The van der Waals surface area contributed by atoms with Crippen molar-refractivity contribution in [2.24, 2.45) is 5.92 Å². The van der Waals surface area contributed by atoms with Gasteiger partial charge in [-0.3, -0.25) is 4.79 Å². The third-order valence-electron chi connectivity index (χ3n) is 3.85. The Bertz CT molecular complexity index is 818. The van der Waals surface area contributed by atoms with Gasteiger partial charge in [0.15, 0.2) is 0 Å². The van der Waals surface area contributed by atoms with Gasteiger partial charge in [-0.15, -0.1) is 0 Å². The van der Waals surface area contributed by atoms with Gasteiger partial charge in [0, 0.05) is 6.54 Å². The molecule has 2 rings (SSSR count). The van der Waals surface area contributed by atoms with Crippen LogP contribution in [0.5, 0.6) is 0 Å². The molecule has 0 fully saturated rings. The molecule has 1 atom stereocenters. The zero-order valence-electron chi connectivity index (χ0n) is 14.7. The lowest BCUT2D eigenvalue weighted by molar-refractivity contribution is -0.123. The molecule has 7 nitrogen and oxygen atoms in total. The van der Waals surface area contributed by atoms with Crippen LogP contribution < -0.4 is 10.0 Å². The Labute approximate surface area is 152 Å². The van der Waals surface area contributed by atoms with E-state index in [-0.39, 0.29) is 16.7 Å². The van der Waals surface area contributed by atoms with Crippen LogP contribution in [0, 0.1) is 5.92 Å². The molecule has 9 heteroatoms. The van der Waals surface area contributed by atoms with Gasteiger partial charge in [-0.05, 0) is 24.5 Å². The highest BCUT2D eigenvalue weighted by Crippen LogP contribution is 2.21. The minimum absolute atomic E-state index is 0.0446. The lowest BCUT2D eigenvalue weighted by atomic mass is 10.1. The van der Waals surface area contributed by atoms with Gasteiger partial charge in [0.25, 0.3) is 0 Å².